The molecule has 0 saturated carbocycles. The molecule has 0 bridgehead atoms. The molecular weight excluding hydrogens is 295 g/mol. The van der Waals surface area contributed by atoms with Crippen molar-refractivity contribution in [3.63, 3.8) is 0 Å². The first-order valence-corrected chi connectivity index (χ1v) is 6.44. The van der Waals surface area contributed by atoms with Gasteiger partial charge >= 0.3 is 6.18 Å². The van der Waals surface area contributed by atoms with Gasteiger partial charge in [-0.1, -0.05) is 40.2 Å². The van der Waals surface area contributed by atoms with Crippen molar-refractivity contribution in [2.75, 3.05) is 18.4 Å². The maximum absolute atomic E-state index is 12.4. The molecule has 0 N–H and O–H groups in total. The Bertz CT molecular complexity index is 352. The Hall–Kier alpha value is -0.550. The van der Waals surface area contributed by atoms with Crippen LogP contribution >= 0.6 is 15.9 Å². The van der Waals surface area contributed by atoms with Crippen LogP contribution in [0.25, 0.3) is 0 Å². The van der Waals surface area contributed by atoms with E-state index < -0.39 is 12.7 Å². The van der Waals surface area contributed by atoms with Crippen LogP contribution in [0.5, 0.6) is 0 Å². The lowest BCUT2D eigenvalue weighted by Crippen LogP contribution is -2.35. The molecule has 0 atom stereocenters. The van der Waals surface area contributed by atoms with Gasteiger partial charge in [0.1, 0.15) is 0 Å². The van der Waals surface area contributed by atoms with E-state index in [0.717, 1.165) is 11.1 Å². The van der Waals surface area contributed by atoms with Gasteiger partial charge in [0.05, 0.1) is 6.54 Å². The predicted octanol–water partition coefficient (Wildman–Crippen LogP) is 3.75. The normalized spacial score (nSPS) is 12.1. The van der Waals surface area contributed by atoms with E-state index in [1.807, 2.05) is 31.2 Å². The van der Waals surface area contributed by atoms with Crippen LogP contribution in [0.15, 0.2) is 24.3 Å². The Balaban J connectivity index is 2.70. The third-order valence-electron chi connectivity index (χ3n) is 2.46. The second-order valence-corrected chi connectivity index (χ2v) is 4.73. The van der Waals surface area contributed by atoms with E-state index in [2.05, 4.69) is 15.9 Å². The lowest BCUT2D eigenvalue weighted by atomic mass is 10.1. The minimum absolute atomic E-state index is 0.331. The van der Waals surface area contributed by atoms with Gasteiger partial charge in [0, 0.05) is 18.4 Å². The van der Waals surface area contributed by atoms with Gasteiger partial charge < -0.3 is 0 Å². The van der Waals surface area contributed by atoms with Crippen molar-refractivity contribution < 1.29 is 13.2 Å². The summed E-state index contributed by atoms with van der Waals surface area (Å²) in [4.78, 5) is 1.40. The molecule has 0 aliphatic carbocycles. The highest BCUT2D eigenvalue weighted by Crippen LogP contribution is 2.19. The quantitative estimate of drug-likeness (QED) is 0.749. The van der Waals surface area contributed by atoms with Gasteiger partial charge in [0.15, 0.2) is 0 Å². The first-order chi connectivity index (χ1) is 7.92. The number of nitrogens with zero attached hydrogens (tertiary/aromatic N) is 1. The fraction of sp³-hybridized carbons (Fsp3) is 0.500. The lowest BCUT2D eigenvalue weighted by Gasteiger charge is -2.23. The largest absolute Gasteiger partial charge is 0.401 e. The molecule has 0 aliphatic rings. The van der Waals surface area contributed by atoms with E-state index in [-0.39, 0.29) is 0 Å². The molecule has 0 heterocycles. The zero-order chi connectivity index (χ0) is 12.9. The van der Waals surface area contributed by atoms with Crippen LogP contribution in [-0.4, -0.2) is 29.5 Å². The summed E-state index contributed by atoms with van der Waals surface area (Å²) >= 11 is 3.18. The second-order valence-electron chi connectivity index (χ2n) is 3.94. The smallest absolute Gasteiger partial charge is 0.290 e. The summed E-state index contributed by atoms with van der Waals surface area (Å²) in [6, 6.07) is 7.52. The average Bonchev–Trinajstić information content (AvgIpc) is 2.19. The molecular formula is C12H15BrF3N. The van der Waals surface area contributed by atoms with Crippen molar-refractivity contribution in [2.24, 2.45) is 0 Å². The number of alkyl halides is 4. The SMILES string of the molecule is Cc1ccccc1CN(CCBr)CC(F)(F)F. The van der Waals surface area contributed by atoms with Crippen molar-refractivity contribution in [2.45, 2.75) is 19.6 Å². The minimum atomic E-state index is -4.15. The van der Waals surface area contributed by atoms with Crippen LogP contribution in [-0.2, 0) is 6.54 Å². The summed E-state index contributed by atoms with van der Waals surface area (Å²) in [6.45, 7) is 1.76. The first-order valence-electron chi connectivity index (χ1n) is 5.32. The summed E-state index contributed by atoms with van der Waals surface area (Å²) in [6.07, 6.45) is -4.15. The first kappa shape index (κ1) is 14.5. The molecule has 1 aromatic carbocycles. The molecule has 1 rings (SSSR count). The molecule has 0 unspecified atom stereocenters. The second kappa shape index (κ2) is 6.40. The lowest BCUT2D eigenvalue weighted by molar-refractivity contribution is -0.146. The Morgan fingerprint density at radius 2 is 1.88 bits per heavy atom. The minimum Gasteiger partial charge on any atom is -0.290 e. The molecule has 0 aromatic heterocycles. The van der Waals surface area contributed by atoms with Gasteiger partial charge in [-0.05, 0) is 18.1 Å². The van der Waals surface area contributed by atoms with Crippen LogP contribution < -0.4 is 0 Å². The Kier molecular flexibility index (Phi) is 5.46. The van der Waals surface area contributed by atoms with Crippen molar-refractivity contribution in [1.82, 2.24) is 4.90 Å². The summed E-state index contributed by atoms with van der Waals surface area (Å²) in [5.74, 6) is 0. The molecule has 0 aliphatic heterocycles. The molecule has 0 saturated heterocycles. The van der Waals surface area contributed by atoms with Crippen LogP contribution in [0.4, 0.5) is 13.2 Å². The van der Waals surface area contributed by atoms with E-state index in [1.54, 1.807) is 0 Å². The molecule has 5 heteroatoms. The molecule has 1 aromatic rings. The van der Waals surface area contributed by atoms with E-state index in [1.165, 1.54) is 4.90 Å². The molecule has 96 valence electrons. The molecule has 0 fully saturated rings. The van der Waals surface area contributed by atoms with Gasteiger partial charge in [-0.3, -0.25) is 4.90 Å². The van der Waals surface area contributed by atoms with Gasteiger partial charge in [0.2, 0.25) is 0 Å². The Labute approximate surface area is 108 Å². The summed E-state index contributed by atoms with van der Waals surface area (Å²) in [5.41, 5.74) is 1.96. The maximum Gasteiger partial charge on any atom is 0.401 e. The molecule has 17 heavy (non-hydrogen) atoms. The van der Waals surface area contributed by atoms with Crippen molar-refractivity contribution in [1.29, 1.82) is 0 Å². The van der Waals surface area contributed by atoms with Crippen LogP contribution in [0.1, 0.15) is 11.1 Å². The highest BCUT2D eigenvalue weighted by molar-refractivity contribution is 9.09. The number of hydrogen-bond acceptors (Lipinski definition) is 1. The van der Waals surface area contributed by atoms with E-state index in [9.17, 15) is 13.2 Å². The number of benzene rings is 1. The van der Waals surface area contributed by atoms with Gasteiger partial charge in [0.25, 0.3) is 0 Å². The van der Waals surface area contributed by atoms with Gasteiger partial charge in [-0.25, -0.2) is 0 Å². The Morgan fingerprint density at radius 1 is 1.24 bits per heavy atom. The number of halogens is 4. The average molecular weight is 310 g/mol. The maximum atomic E-state index is 12.4. The topological polar surface area (TPSA) is 3.24 Å². The zero-order valence-corrected chi connectivity index (χ0v) is 11.2. The fourth-order valence-electron chi connectivity index (χ4n) is 1.62. The van der Waals surface area contributed by atoms with Gasteiger partial charge in [-0.2, -0.15) is 13.2 Å². The van der Waals surface area contributed by atoms with E-state index >= 15 is 0 Å². The third kappa shape index (κ3) is 5.55. The molecule has 1 nitrogen and oxygen atoms in total. The van der Waals surface area contributed by atoms with Crippen molar-refractivity contribution in [3.05, 3.63) is 35.4 Å². The predicted molar refractivity (Wildman–Crippen MR) is 66.3 cm³/mol. The van der Waals surface area contributed by atoms with Crippen molar-refractivity contribution in [3.8, 4) is 0 Å². The van der Waals surface area contributed by atoms with E-state index in [4.69, 9.17) is 0 Å². The molecule has 0 spiro atoms. The van der Waals surface area contributed by atoms with Crippen LogP contribution in [0, 0.1) is 6.92 Å². The summed E-state index contributed by atoms with van der Waals surface area (Å²) in [5, 5.41) is 0.537. The van der Waals surface area contributed by atoms with Crippen molar-refractivity contribution >= 4 is 15.9 Å². The Morgan fingerprint density at radius 3 is 2.41 bits per heavy atom. The molecule has 0 radical (unpaired) electrons. The van der Waals surface area contributed by atoms with E-state index in [0.29, 0.717) is 18.4 Å². The summed E-state index contributed by atoms with van der Waals surface area (Å²) in [7, 11) is 0. The number of rotatable bonds is 5. The number of hydrogen-bond donors (Lipinski definition) is 0. The van der Waals surface area contributed by atoms with Gasteiger partial charge in [-0.15, -0.1) is 0 Å². The third-order valence-corrected chi connectivity index (χ3v) is 2.81. The standard InChI is InChI=1S/C12H15BrF3N/c1-10-4-2-3-5-11(10)8-17(7-6-13)9-12(14,15)16/h2-5H,6-9H2,1H3. The highest BCUT2D eigenvalue weighted by Gasteiger charge is 2.30. The monoisotopic (exact) mass is 309 g/mol. The fourth-order valence-corrected chi connectivity index (χ4v) is 2.12. The van der Waals surface area contributed by atoms with Crippen LogP contribution in [0.3, 0.4) is 0 Å². The summed E-state index contributed by atoms with van der Waals surface area (Å²) < 4.78 is 37.1. The van der Waals surface area contributed by atoms with Crippen LogP contribution in [0.2, 0.25) is 0 Å². The number of aryl methyl sites for hydroxylation is 1. The zero-order valence-electron chi connectivity index (χ0n) is 9.60. The molecule has 0 amide bonds. The highest BCUT2D eigenvalue weighted by atomic mass is 79.9.